The van der Waals surface area contributed by atoms with Crippen LogP contribution in [0, 0.1) is 5.82 Å². The molecule has 2 fully saturated rings. The lowest BCUT2D eigenvalue weighted by Gasteiger charge is -2.36. The van der Waals surface area contributed by atoms with E-state index in [-0.39, 0.29) is 12.8 Å². The number of benzene rings is 1. The first-order valence-electron chi connectivity index (χ1n) is 10.6. The summed E-state index contributed by atoms with van der Waals surface area (Å²) < 4.78 is 42.9. The maximum absolute atomic E-state index is 15.1. The first-order valence-corrected chi connectivity index (χ1v) is 10.6. The number of nitrogens with zero attached hydrogens (tertiary/aromatic N) is 3. The van der Waals surface area contributed by atoms with Gasteiger partial charge >= 0.3 is 6.09 Å². The maximum Gasteiger partial charge on any atom is 0.410 e. The second-order valence-electron chi connectivity index (χ2n) is 9.18. The second-order valence-corrected chi connectivity index (χ2v) is 9.18. The molecule has 6 nitrogen and oxygen atoms in total. The smallest absolute Gasteiger partial charge is 0.410 e. The lowest BCUT2D eigenvalue weighted by molar-refractivity contribution is -0.0367. The van der Waals surface area contributed by atoms with Gasteiger partial charge in [-0.25, -0.2) is 18.3 Å². The van der Waals surface area contributed by atoms with Crippen LogP contribution in [0.25, 0.3) is 10.9 Å². The first kappa shape index (κ1) is 21.0. The van der Waals surface area contributed by atoms with Crippen LogP contribution in [-0.2, 0) is 9.47 Å². The Morgan fingerprint density at radius 2 is 2.07 bits per heavy atom. The first-order chi connectivity index (χ1) is 14.2. The Bertz CT molecular complexity index is 918. The molecule has 0 bridgehead atoms. The number of likely N-dealkylation sites (tertiary alicyclic amines) is 1. The summed E-state index contributed by atoms with van der Waals surface area (Å²) in [5.41, 5.74) is 0.438. The highest BCUT2D eigenvalue weighted by Crippen LogP contribution is 2.36. The molecule has 2 aromatic rings. The standard InChI is InChI=1S/C22H29F2N3O3/c1-22(2,3)30-21(28)26-8-7-15(18(24)13-26)16-11-19-14(10-17(16)23)12-25-27(19)20-6-4-5-9-29-20/h10-12,15,18,20H,4-9,13H2,1-3H3/t15-,18-,20?/m0/s1. The minimum Gasteiger partial charge on any atom is -0.444 e. The molecule has 0 radical (unpaired) electrons. The Morgan fingerprint density at radius 1 is 1.27 bits per heavy atom. The molecule has 164 valence electrons. The van der Waals surface area contributed by atoms with E-state index in [9.17, 15) is 9.18 Å². The zero-order valence-corrected chi connectivity index (χ0v) is 17.7. The third kappa shape index (κ3) is 4.29. The number of fused-ring (bicyclic) bond motifs is 1. The number of halogens is 2. The Hall–Kier alpha value is -2.22. The summed E-state index contributed by atoms with van der Waals surface area (Å²) in [4.78, 5) is 13.6. The summed E-state index contributed by atoms with van der Waals surface area (Å²) in [7, 11) is 0. The molecule has 1 amide bonds. The van der Waals surface area contributed by atoms with Crippen molar-refractivity contribution in [3.05, 3.63) is 29.7 Å². The van der Waals surface area contributed by atoms with E-state index in [0.29, 0.717) is 30.5 Å². The van der Waals surface area contributed by atoms with Gasteiger partial charge in [0.15, 0.2) is 6.23 Å². The highest BCUT2D eigenvalue weighted by Gasteiger charge is 2.36. The quantitative estimate of drug-likeness (QED) is 0.689. The molecule has 0 aliphatic carbocycles. The molecule has 30 heavy (non-hydrogen) atoms. The van der Waals surface area contributed by atoms with Crippen LogP contribution in [-0.4, -0.2) is 52.2 Å². The number of aromatic nitrogens is 2. The lowest BCUT2D eigenvalue weighted by atomic mass is 9.87. The van der Waals surface area contributed by atoms with Crippen molar-refractivity contribution in [1.82, 2.24) is 14.7 Å². The van der Waals surface area contributed by atoms with Gasteiger partial charge in [-0.05, 0) is 64.2 Å². The van der Waals surface area contributed by atoms with Crippen molar-refractivity contribution in [1.29, 1.82) is 0 Å². The van der Waals surface area contributed by atoms with Crippen LogP contribution in [0.2, 0.25) is 0 Å². The number of ether oxygens (including phenoxy) is 2. The summed E-state index contributed by atoms with van der Waals surface area (Å²) in [6.07, 6.45) is 2.79. The van der Waals surface area contributed by atoms with Crippen molar-refractivity contribution in [2.45, 2.75) is 70.4 Å². The van der Waals surface area contributed by atoms with Crippen LogP contribution in [0.15, 0.2) is 18.3 Å². The predicted octanol–water partition coefficient (Wildman–Crippen LogP) is 4.94. The van der Waals surface area contributed by atoms with Crippen molar-refractivity contribution < 1.29 is 23.0 Å². The van der Waals surface area contributed by atoms with E-state index in [4.69, 9.17) is 9.47 Å². The SMILES string of the molecule is CC(C)(C)OC(=O)N1CC[C@@H](c2cc3c(cnn3C3CCCCO3)cc2F)[C@@H](F)C1. The minimum atomic E-state index is -1.37. The average molecular weight is 421 g/mol. The normalized spacial score (nSPS) is 25.5. The van der Waals surface area contributed by atoms with Crippen LogP contribution in [0.1, 0.15) is 64.2 Å². The average Bonchev–Trinajstić information content (AvgIpc) is 3.09. The van der Waals surface area contributed by atoms with Crippen LogP contribution in [0.4, 0.5) is 13.6 Å². The summed E-state index contributed by atoms with van der Waals surface area (Å²) >= 11 is 0. The number of amides is 1. The van der Waals surface area contributed by atoms with Gasteiger partial charge in [0.1, 0.15) is 17.6 Å². The second kappa shape index (κ2) is 8.13. The summed E-state index contributed by atoms with van der Waals surface area (Å²) in [5, 5.41) is 5.07. The summed E-state index contributed by atoms with van der Waals surface area (Å²) in [5.74, 6) is -1.06. The molecule has 3 atom stereocenters. The predicted molar refractivity (Wildman–Crippen MR) is 109 cm³/mol. The third-order valence-electron chi connectivity index (χ3n) is 5.74. The molecule has 1 aromatic carbocycles. The van der Waals surface area contributed by atoms with Gasteiger partial charge in [0.25, 0.3) is 0 Å². The van der Waals surface area contributed by atoms with E-state index in [1.807, 2.05) is 0 Å². The van der Waals surface area contributed by atoms with Crippen molar-refractivity contribution in [2.24, 2.45) is 0 Å². The van der Waals surface area contributed by atoms with Crippen LogP contribution in [0.5, 0.6) is 0 Å². The van der Waals surface area contributed by atoms with Gasteiger partial charge in [-0.2, -0.15) is 5.10 Å². The Kier molecular flexibility index (Phi) is 5.70. The fraction of sp³-hybridized carbons (Fsp3) is 0.636. The number of hydrogen-bond acceptors (Lipinski definition) is 4. The molecule has 4 rings (SSSR count). The molecule has 3 heterocycles. The van der Waals surface area contributed by atoms with E-state index in [0.717, 1.165) is 24.8 Å². The number of hydrogen-bond donors (Lipinski definition) is 0. The van der Waals surface area contributed by atoms with Gasteiger partial charge in [-0.15, -0.1) is 0 Å². The number of carbonyl (C=O) groups excluding carboxylic acids is 1. The van der Waals surface area contributed by atoms with E-state index >= 15 is 4.39 Å². The zero-order chi connectivity index (χ0) is 21.5. The van der Waals surface area contributed by atoms with Crippen molar-refractivity contribution in [3.63, 3.8) is 0 Å². The molecule has 8 heteroatoms. The van der Waals surface area contributed by atoms with Gasteiger partial charge in [0.05, 0.1) is 18.3 Å². The Balaban J connectivity index is 1.55. The molecule has 2 aliphatic rings. The molecule has 2 aliphatic heterocycles. The van der Waals surface area contributed by atoms with E-state index in [1.54, 1.807) is 37.7 Å². The van der Waals surface area contributed by atoms with E-state index in [1.165, 1.54) is 11.0 Å². The summed E-state index contributed by atoms with van der Waals surface area (Å²) in [6, 6.07) is 3.12. The summed E-state index contributed by atoms with van der Waals surface area (Å²) in [6.45, 7) is 6.21. The fourth-order valence-electron chi connectivity index (χ4n) is 4.26. The molecule has 0 spiro atoms. The van der Waals surface area contributed by atoms with E-state index < -0.39 is 29.6 Å². The van der Waals surface area contributed by atoms with Gasteiger partial charge in [0, 0.05) is 24.5 Å². The van der Waals surface area contributed by atoms with Crippen LogP contribution < -0.4 is 0 Å². The highest BCUT2D eigenvalue weighted by atomic mass is 19.1. The maximum atomic E-state index is 15.1. The molecular formula is C22H29F2N3O3. The van der Waals surface area contributed by atoms with Gasteiger partial charge < -0.3 is 14.4 Å². The van der Waals surface area contributed by atoms with Crippen LogP contribution in [0.3, 0.4) is 0 Å². The number of carbonyl (C=O) groups is 1. The molecule has 1 aromatic heterocycles. The van der Waals surface area contributed by atoms with Crippen molar-refractivity contribution >= 4 is 17.0 Å². The Morgan fingerprint density at radius 3 is 2.73 bits per heavy atom. The molecule has 1 unspecified atom stereocenters. The molecule has 2 saturated heterocycles. The fourth-order valence-corrected chi connectivity index (χ4v) is 4.26. The zero-order valence-electron chi connectivity index (χ0n) is 17.7. The van der Waals surface area contributed by atoms with Crippen LogP contribution >= 0.6 is 0 Å². The van der Waals surface area contributed by atoms with Crippen molar-refractivity contribution in [2.75, 3.05) is 19.7 Å². The highest BCUT2D eigenvalue weighted by molar-refractivity contribution is 5.80. The van der Waals surface area contributed by atoms with Gasteiger partial charge in [0.2, 0.25) is 0 Å². The van der Waals surface area contributed by atoms with Crippen molar-refractivity contribution in [3.8, 4) is 0 Å². The minimum absolute atomic E-state index is 0.109. The molecule has 0 saturated carbocycles. The lowest BCUT2D eigenvalue weighted by Crippen LogP contribution is -2.46. The number of alkyl halides is 1. The topological polar surface area (TPSA) is 56.6 Å². The Labute approximate surface area is 175 Å². The number of rotatable bonds is 2. The van der Waals surface area contributed by atoms with Gasteiger partial charge in [-0.3, -0.25) is 0 Å². The van der Waals surface area contributed by atoms with E-state index in [2.05, 4.69) is 5.10 Å². The monoisotopic (exact) mass is 421 g/mol. The van der Waals surface area contributed by atoms with Gasteiger partial charge in [-0.1, -0.05) is 0 Å². The third-order valence-corrected chi connectivity index (χ3v) is 5.74. The largest absolute Gasteiger partial charge is 0.444 e. The molecular weight excluding hydrogens is 392 g/mol. The number of piperidine rings is 1. The molecule has 0 N–H and O–H groups in total.